The lowest BCUT2D eigenvalue weighted by molar-refractivity contribution is -0.130. The second kappa shape index (κ2) is 8.26. The minimum atomic E-state index is -0.888. The van der Waals surface area contributed by atoms with Crippen LogP contribution in [0.2, 0.25) is 0 Å². The van der Waals surface area contributed by atoms with Crippen molar-refractivity contribution in [2.24, 2.45) is 11.3 Å². The first-order valence-corrected chi connectivity index (χ1v) is 7.96. The molecule has 1 rings (SSSR count). The summed E-state index contributed by atoms with van der Waals surface area (Å²) in [6.45, 7) is 4.13. The Balaban J connectivity index is 2.77. The minimum Gasteiger partial charge on any atom is -0.396 e. The van der Waals surface area contributed by atoms with Crippen molar-refractivity contribution >= 4 is 5.91 Å². The Labute approximate surface area is 122 Å². The number of nitriles is 1. The molecule has 0 heterocycles. The molecule has 1 amide bonds. The van der Waals surface area contributed by atoms with Gasteiger partial charge in [-0.15, -0.1) is 0 Å². The summed E-state index contributed by atoms with van der Waals surface area (Å²) in [5.74, 6) is 0.0152. The van der Waals surface area contributed by atoms with Crippen LogP contribution < -0.4 is 5.32 Å². The summed E-state index contributed by atoms with van der Waals surface area (Å²) < 4.78 is 0. The van der Waals surface area contributed by atoms with Crippen LogP contribution in [-0.4, -0.2) is 23.7 Å². The molecule has 1 fully saturated rings. The number of nitrogens with zero attached hydrogens (tertiary/aromatic N) is 1. The molecule has 2 unspecified atom stereocenters. The highest BCUT2D eigenvalue weighted by Gasteiger charge is 2.39. The molecule has 2 atom stereocenters. The highest BCUT2D eigenvalue weighted by Crippen LogP contribution is 2.31. The van der Waals surface area contributed by atoms with Gasteiger partial charge in [-0.3, -0.25) is 4.79 Å². The van der Waals surface area contributed by atoms with Gasteiger partial charge in [-0.05, 0) is 25.7 Å². The van der Waals surface area contributed by atoms with Crippen LogP contribution in [-0.2, 0) is 4.79 Å². The van der Waals surface area contributed by atoms with Crippen LogP contribution in [0.15, 0.2) is 0 Å². The van der Waals surface area contributed by atoms with Gasteiger partial charge in [0.15, 0.2) is 0 Å². The van der Waals surface area contributed by atoms with E-state index < -0.39 is 5.41 Å². The average Bonchev–Trinajstić information content (AvgIpc) is 2.47. The molecule has 0 saturated heterocycles. The lowest BCUT2D eigenvalue weighted by Crippen LogP contribution is -2.49. The molecule has 20 heavy (non-hydrogen) atoms. The van der Waals surface area contributed by atoms with E-state index in [1.165, 1.54) is 0 Å². The molecular weight excluding hydrogens is 252 g/mol. The van der Waals surface area contributed by atoms with Gasteiger partial charge >= 0.3 is 0 Å². The number of amides is 1. The quantitative estimate of drug-likeness (QED) is 0.753. The van der Waals surface area contributed by atoms with E-state index in [9.17, 15) is 15.2 Å². The SMILES string of the molecule is CCCC(C#N)(CCC)C(=O)NC1CCCCC1CO. The first-order valence-electron chi connectivity index (χ1n) is 7.96. The van der Waals surface area contributed by atoms with Crippen molar-refractivity contribution in [3.63, 3.8) is 0 Å². The molecule has 0 aliphatic heterocycles. The Morgan fingerprint density at radius 2 is 1.90 bits per heavy atom. The second-order valence-electron chi connectivity index (χ2n) is 6.00. The first-order chi connectivity index (χ1) is 9.63. The van der Waals surface area contributed by atoms with E-state index in [4.69, 9.17) is 0 Å². The number of nitrogens with one attached hydrogen (secondary N) is 1. The van der Waals surface area contributed by atoms with Crippen molar-refractivity contribution in [2.45, 2.75) is 71.3 Å². The largest absolute Gasteiger partial charge is 0.396 e. The van der Waals surface area contributed by atoms with Crippen molar-refractivity contribution < 1.29 is 9.90 Å². The van der Waals surface area contributed by atoms with E-state index in [-0.39, 0.29) is 24.5 Å². The van der Waals surface area contributed by atoms with Crippen LogP contribution in [0.5, 0.6) is 0 Å². The van der Waals surface area contributed by atoms with Gasteiger partial charge in [0.1, 0.15) is 5.41 Å². The van der Waals surface area contributed by atoms with Crippen LogP contribution in [0.4, 0.5) is 0 Å². The summed E-state index contributed by atoms with van der Waals surface area (Å²) in [7, 11) is 0. The molecule has 114 valence electrons. The summed E-state index contributed by atoms with van der Waals surface area (Å²) >= 11 is 0. The Morgan fingerprint density at radius 3 is 2.40 bits per heavy atom. The molecule has 0 aromatic heterocycles. The van der Waals surface area contributed by atoms with Gasteiger partial charge in [-0.1, -0.05) is 39.5 Å². The summed E-state index contributed by atoms with van der Waals surface area (Å²) in [6, 6.07) is 2.30. The predicted molar refractivity (Wildman–Crippen MR) is 78.8 cm³/mol. The third kappa shape index (κ3) is 3.96. The van der Waals surface area contributed by atoms with Gasteiger partial charge in [-0.2, -0.15) is 5.26 Å². The van der Waals surface area contributed by atoms with E-state index in [2.05, 4.69) is 11.4 Å². The van der Waals surface area contributed by atoms with Gasteiger partial charge in [0.2, 0.25) is 5.91 Å². The average molecular weight is 280 g/mol. The topological polar surface area (TPSA) is 73.1 Å². The smallest absolute Gasteiger partial charge is 0.240 e. The molecule has 4 nitrogen and oxygen atoms in total. The van der Waals surface area contributed by atoms with Gasteiger partial charge in [-0.25, -0.2) is 0 Å². The number of hydrogen-bond donors (Lipinski definition) is 2. The molecule has 0 aromatic rings. The summed E-state index contributed by atoms with van der Waals surface area (Å²) in [5.41, 5.74) is -0.888. The number of hydrogen-bond acceptors (Lipinski definition) is 3. The number of aliphatic hydroxyl groups excluding tert-OH is 1. The standard InChI is InChI=1S/C16H28N2O2/c1-3-9-16(12-17,10-4-2)15(20)18-14-8-6-5-7-13(14)11-19/h13-14,19H,3-11H2,1-2H3,(H,18,20). The number of aliphatic hydroxyl groups is 1. The third-order valence-corrected chi connectivity index (χ3v) is 4.46. The number of rotatable bonds is 7. The molecule has 0 bridgehead atoms. The Bertz CT molecular complexity index is 343. The first kappa shape index (κ1) is 17.0. The van der Waals surface area contributed by atoms with Gasteiger partial charge in [0, 0.05) is 18.6 Å². The highest BCUT2D eigenvalue weighted by molar-refractivity contribution is 5.85. The van der Waals surface area contributed by atoms with Gasteiger partial charge < -0.3 is 10.4 Å². The molecule has 1 aliphatic carbocycles. The highest BCUT2D eigenvalue weighted by atomic mass is 16.3. The fourth-order valence-corrected chi connectivity index (χ4v) is 3.29. The second-order valence-corrected chi connectivity index (χ2v) is 6.00. The molecular formula is C16H28N2O2. The summed E-state index contributed by atoms with van der Waals surface area (Å²) in [4.78, 5) is 12.6. The Kier molecular flexibility index (Phi) is 7.01. The van der Waals surface area contributed by atoms with Crippen LogP contribution in [0, 0.1) is 22.7 Å². The summed E-state index contributed by atoms with van der Waals surface area (Å²) in [5, 5.41) is 22.0. The third-order valence-electron chi connectivity index (χ3n) is 4.46. The van der Waals surface area contributed by atoms with Crippen molar-refractivity contribution in [1.29, 1.82) is 5.26 Å². The van der Waals surface area contributed by atoms with Crippen molar-refractivity contribution in [1.82, 2.24) is 5.32 Å². The van der Waals surface area contributed by atoms with E-state index in [0.717, 1.165) is 38.5 Å². The zero-order valence-electron chi connectivity index (χ0n) is 12.8. The fraction of sp³-hybridized carbons (Fsp3) is 0.875. The van der Waals surface area contributed by atoms with E-state index >= 15 is 0 Å². The monoisotopic (exact) mass is 280 g/mol. The lowest BCUT2D eigenvalue weighted by atomic mass is 9.78. The molecule has 2 N–H and O–H groups in total. The molecule has 1 aliphatic rings. The van der Waals surface area contributed by atoms with E-state index in [1.54, 1.807) is 0 Å². The van der Waals surface area contributed by atoms with Crippen LogP contribution in [0.25, 0.3) is 0 Å². The number of carbonyl (C=O) groups is 1. The molecule has 1 saturated carbocycles. The zero-order valence-corrected chi connectivity index (χ0v) is 12.8. The van der Waals surface area contributed by atoms with Gasteiger partial charge in [0.05, 0.1) is 6.07 Å². The predicted octanol–water partition coefficient (Wildman–Crippen LogP) is 2.76. The lowest BCUT2D eigenvalue weighted by Gasteiger charge is -2.34. The maximum Gasteiger partial charge on any atom is 0.240 e. The molecule has 0 radical (unpaired) electrons. The molecule has 0 aromatic carbocycles. The minimum absolute atomic E-state index is 0.0303. The molecule has 4 heteroatoms. The van der Waals surface area contributed by atoms with E-state index in [0.29, 0.717) is 12.8 Å². The maximum absolute atomic E-state index is 12.6. The number of carbonyl (C=O) groups excluding carboxylic acids is 1. The zero-order chi connectivity index (χ0) is 15.0. The molecule has 0 spiro atoms. The Morgan fingerprint density at radius 1 is 1.30 bits per heavy atom. The summed E-state index contributed by atoms with van der Waals surface area (Å²) in [6.07, 6.45) is 6.95. The van der Waals surface area contributed by atoms with E-state index in [1.807, 2.05) is 13.8 Å². The van der Waals surface area contributed by atoms with Crippen molar-refractivity contribution in [2.75, 3.05) is 6.61 Å². The van der Waals surface area contributed by atoms with Crippen molar-refractivity contribution in [3.8, 4) is 6.07 Å². The maximum atomic E-state index is 12.6. The van der Waals surface area contributed by atoms with Crippen LogP contribution in [0.1, 0.15) is 65.2 Å². The van der Waals surface area contributed by atoms with Crippen LogP contribution in [0.3, 0.4) is 0 Å². The normalized spacial score (nSPS) is 23.1. The van der Waals surface area contributed by atoms with Gasteiger partial charge in [0.25, 0.3) is 0 Å². The Hall–Kier alpha value is -1.08. The fourth-order valence-electron chi connectivity index (χ4n) is 3.29. The van der Waals surface area contributed by atoms with Crippen LogP contribution >= 0.6 is 0 Å². The van der Waals surface area contributed by atoms with Crippen molar-refractivity contribution in [3.05, 3.63) is 0 Å².